The summed E-state index contributed by atoms with van der Waals surface area (Å²) in [5.74, 6) is -0.378. The fourth-order valence-electron chi connectivity index (χ4n) is 2.14. The van der Waals surface area contributed by atoms with Gasteiger partial charge in [-0.15, -0.1) is 0 Å². The zero-order chi connectivity index (χ0) is 14.8. The molecular weight excluding hydrogens is 262 g/mol. The van der Waals surface area contributed by atoms with E-state index in [4.69, 9.17) is 0 Å². The van der Waals surface area contributed by atoms with Crippen LogP contribution in [0.3, 0.4) is 0 Å². The Morgan fingerprint density at radius 2 is 2.20 bits per heavy atom. The fraction of sp³-hybridized carbons (Fsp3) is 0.462. The summed E-state index contributed by atoms with van der Waals surface area (Å²) >= 11 is 0. The molecule has 0 saturated heterocycles. The Balaban J connectivity index is 2.19. The highest BCUT2D eigenvalue weighted by Gasteiger charge is 2.34. The van der Waals surface area contributed by atoms with Gasteiger partial charge >= 0.3 is 0 Å². The second-order valence-corrected chi connectivity index (χ2v) is 5.00. The van der Waals surface area contributed by atoms with Crippen LogP contribution in [0, 0.1) is 10.1 Å². The lowest BCUT2D eigenvalue weighted by Gasteiger charge is -2.36. The van der Waals surface area contributed by atoms with Gasteiger partial charge in [-0.25, -0.2) is 0 Å². The van der Waals surface area contributed by atoms with Gasteiger partial charge in [-0.1, -0.05) is 0 Å². The van der Waals surface area contributed by atoms with Gasteiger partial charge in [0.05, 0.1) is 10.5 Å². The summed E-state index contributed by atoms with van der Waals surface area (Å²) in [5, 5.41) is 26.4. The molecule has 0 heterocycles. The van der Waals surface area contributed by atoms with E-state index in [1.807, 2.05) is 0 Å². The van der Waals surface area contributed by atoms with Crippen LogP contribution in [0.4, 0.5) is 11.4 Å². The fourth-order valence-corrected chi connectivity index (χ4v) is 2.14. The number of amides is 1. The summed E-state index contributed by atoms with van der Waals surface area (Å²) in [6.07, 6.45) is 2.37. The van der Waals surface area contributed by atoms with Crippen molar-refractivity contribution in [2.24, 2.45) is 0 Å². The third kappa shape index (κ3) is 2.88. The van der Waals surface area contributed by atoms with Crippen LogP contribution in [-0.2, 0) is 0 Å². The van der Waals surface area contributed by atoms with Crippen molar-refractivity contribution in [2.75, 3.05) is 18.9 Å². The molecule has 0 atom stereocenters. The van der Waals surface area contributed by atoms with Crippen LogP contribution in [0.15, 0.2) is 18.2 Å². The van der Waals surface area contributed by atoms with Gasteiger partial charge in [-0.2, -0.15) is 0 Å². The topological polar surface area (TPSA) is 104 Å². The molecule has 0 radical (unpaired) electrons. The van der Waals surface area contributed by atoms with Crippen LogP contribution >= 0.6 is 0 Å². The van der Waals surface area contributed by atoms with E-state index in [-0.39, 0.29) is 23.7 Å². The van der Waals surface area contributed by atoms with E-state index >= 15 is 0 Å². The number of nitrogens with zero attached hydrogens (tertiary/aromatic N) is 1. The molecule has 1 aliphatic carbocycles. The number of hydrogen-bond donors (Lipinski definition) is 3. The van der Waals surface area contributed by atoms with Crippen LogP contribution in [-0.4, -0.2) is 35.1 Å². The maximum atomic E-state index is 11.5. The number of nitro benzene ring substituents is 1. The molecule has 108 valence electrons. The summed E-state index contributed by atoms with van der Waals surface area (Å²) < 4.78 is 0. The zero-order valence-electron chi connectivity index (χ0n) is 11.2. The van der Waals surface area contributed by atoms with Crippen molar-refractivity contribution in [3.8, 4) is 0 Å². The normalized spacial score (nSPS) is 16.1. The molecule has 7 nitrogen and oxygen atoms in total. The lowest BCUT2D eigenvalue weighted by atomic mass is 9.80. The highest BCUT2D eigenvalue weighted by Crippen LogP contribution is 2.33. The molecule has 1 amide bonds. The first-order valence-electron chi connectivity index (χ1n) is 6.42. The monoisotopic (exact) mass is 279 g/mol. The summed E-state index contributed by atoms with van der Waals surface area (Å²) in [6, 6.07) is 4.23. The lowest BCUT2D eigenvalue weighted by molar-refractivity contribution is -0.384. The average molecular weight is 279 g/mol. The third-order valence-corrected chi connectivity index (χ3v) is 3.58. The Labute approximate surface area is 116 Å². The van der Waals surface area contributed by atoms with Crippen LogP contribution in [0.1, 0.15) is 29.6 Å². The van der Waals surface area contributed by atoms with Crippen LogP contribution in [0.5, 0.6) is 0 Å². The minimum absolute atomic E-state index is 0.172. The van der Waals surface area contributed by atoms with Gasteiger partial charge in [0.15, 0.2) is 0 Å². The molecule has 1 saturated carbocycles. The predicted octanol–water partition coefficient (Wildman–Crippen LogP) is 1.28. The van der Waals surface area contributed by atoms with Crippen molar-refractivity contribution in [2.45, 2.75) is 24.9 Å². The predicted molar refractivity (Wildman–Crippen MR) is 73.8 cm³/mol. The van der Waals surface area contributed by atoms with Crippen molar-refractivity contribution >= 4 is 17.3 Å². The number of carbonyl (C=O) groups excluding carboxylic acids is 1. The van der Waals surface area contributed by atoms with Gasteiger partial charge in [0, 0.05) is 25.2 Å². The Hall–Kier alpha value is -2.15. The summed E-state index contributed by atoms with van der Waals surface area (Å²) in [5.41, 5.74) is -0.406. The van der Waals surface area contributed by atoms with Crippen molar-refractivity contribution in [1.29, 1.82) is 0 Å². The van der Waals surface area contributed by atoms with E-state index in [0.717, 1.165) is 6.42 Å². The highest BCUT2D eigenvalue weighted by molar-refractivity contribution is 5.95. The van der Waals surface area contributed by atoms with Crippen LogP contribution in [0.2, 0.25) is 0 Å². The van der Waals surface area contributed by atoms with Crippen molar-refractivity contribution in [3.63, 3.8) is 0 Å². The molecule has 0 aromatic heterocycles. The molecule has 2 rings (SSSR count). The third-order valence-electron chi connectivity index (χ3n) is 3.58. The molecule has 0 unspecified atom stereocenters. The number of benzene rings is 1. The van der Waals surface area contributed by atoms with Gasteiger partial charge in [-0.3, -0.25) is 14.9 Å². The molecule has 0 spiro atoms. The van der Waals surface area contributed by atoms with Gasteiger partial charge in [0.2, 0.25) is 0 Å². The molecule has 1 aromatic carbocycles. The molecule has 1 aliphatic rings. The minimum Gasteiger partial charge on any atom is -0.388 e. The maximum Gasteiger partial charge on any atom is 0.293 e. The molecule has 1 fully saturated rings. The van der Waals surface area contributed by atoms with Gasteiger partial charge < -0.3 is 15.7 Å². The van der Waals surface area contributed by atoms with E-state index in [9.17, 15) is 20.0 Å². The molecule has 0 bridgehead atoms. The number of rotatable bonds is 5. The summed E-state index contributed by atoms with van der Waals surface area (Å²) in [6.45, 7) is 0.271. The van der Waals surface area contributed by atoms with Gasteiger partial charge in [-0.05, 0) is 31.4 Å². The smallest absolute Gasteiger partial charge is 0.293 e. The number of carbonyl (C=O) groups is 1. The first-order chi connectivity index (χ1) is 9.45. The molecule has 3 N–H and O–H groups in total. The number of nitro groups is 1. The van der Waals surface area contributed by atoms with Crippen LogP contribution in [0.25, 0.3) is 0 Å². The Morgan fingerprint density at radius 3 is 2.70 bits per heavy atom. The van der Waals surface area contributed by atoms with E-state index in [1.165, 1.54) is 25.2 Å². The number of anilines is 1. The average Bonchev–Trinajstić information content (AvgIpc) is 2.41. The largest absolute Gasteiger partial charge is 0.388 e. The SMILES string of the molecule is CNC(=O)c1ccc(NCC2(O)CCC2)c([N+](=O)[O-])c1. The van der Waals surface area contributed by atoms with E-state index < -0.39 is 10.5 Å². The van der Waals surface area contributed by atoms with Gasteiger partial charge in [0.1, 0.15) is 5.69 Å². The van der Waals surface area contributed by atoms with Crippen molar-refractivity contribution in [3.05, 3.63) is 33.9 Å². The Kier molecular flexibility index (Phi) is 3.89. The molecule has 7 heteroatoms. The van der Waals surface area contributed by atoms with E-state index in [2.05, 4.69) is 10.6 Å². The zero-order valence-corrected chi connectivity index (χ0v) is 11.2. The second-order valence-electron chi connectivity index (χ2n) is 5.00. The first kappa shape index (κ1) is 14.3. The highest BCUT2D eigenvalue weighted by atomic mass is 16.6. The first-order valence-corrected chi connectivity index (χ1v) is 6.42. The molecule has 1 aromatic rings. The summed E-state index contributed by atoms with van der Waals surface area (Å²) in [4.78, 5) is 22.0. The number of hydrogen-bond acceptors (Lipinski definition) is 5. The Bertz CT molecular complexity index is 540. The molecular formula is C13H17N3O4. The van der Waals surface area contributed by atoms with Crippen molar-refractivity contribution in [1.82, 2.24) is 5.32 Å². The number of nitrogens with one attached hydrogen (secondary N) is 2. The summed E-state index contributed by atoms with van der Waals surface area (Å²) in [7, 11) is 1.46. The van der Waals surface area contributed by atoms with Crippen molar-refractivity contribution < 1.29 is 14.8 Å². The van der Waals surface area contributed by atoms with Crippen LogP contribution < -0.4 is 10.6 Å². The number of aliphatic hydroxyl groups is 1. The van der Waals surface area contributed by atoms with Gasteiger partial charge in [0.25, 0.3) is 11.6 Å². The molecule has 0 aliphatic heterocycles. The Morgan fingerprint density at radius 1 is 1.50 bits per heavy atom. The maximum absolute atomic E-state index is 11.5. The van der Waals surface area contributed by atoms with E-state index in [0.29, 0.717) is 18.5 Å². The minimum atomic E-state index is -0.771. The lowest BCUT2D eigenvalue weighted by Crippen LogP contribution is -2.43. The second kappa shape index (κ2) is 5.46. The quantitative estimate of drug-likeness (QED) is 0.556. The standard InChI is InChI=1S/C13H17N3O4/c1-14-12(17)9-3-4-10(11(7-9)16(19)20)15-8-13(18)5-2-6-13/h3-4,7,15,18H,2,5-6,8H2,1H3,(H,14,17). The van der Waals surface area contributed by atoms with E-state index in [1.54, 1.807) is 0 Å². The molecule has 20 heavy (non-hydrogen) atoms.